The van der Waals surface area contributed by atoms with Crippen LogP contribution in [0.25, 0.3) is 0 Å². The van der Waals surface area contributed by atoms with Crippen molar-refractivity contribution in [2.24, 2.45) is 0 Å². The number of aromatic nitrogens is 1. The van der Waals surface area contributed by atoms with Crippen molar-refractivity contribution in [2.75, 3.05) is 38.5 Å². The second kappa shape index (κ2) is 6.43. The van der Waals surface area contributed by atoms with Gasteiger partial charge in [0.25, 0.3) is 5.91 Å². The van der Waals surface area contributed by atoms with Crippen LogP contribution in [0.15, 0.2) is 18.5 Å². The summed E-state index contributed by atoms with van der Waals surface area (Å²) in [5, 5.41) is 3.05. The molecule has 2 heterocycles. The van der Waals surface area contributed by atoms with Crippen LogP contribution in [0.1, 0.15) is 36.0 Å². The first-order chi connectivity index (χ1) is 10.3. The summed E-state index contributed by atoms with van der Waals surface area (Å²) in [7, 11) is 1.83. The number of pyridine rings is 1. The Hall–Kier alpha value is -1.62. The first-order valence-electron chi connectivity index (χ1n) is 7.94. The Morgan fingerprint density at radius 3 is 2.62 bits per heavy atom. The van der Waals surface area contributed by atoms with Gasteiger partial charge in [0, 0.05) is 45.5 Å². The van der Waals surface area contributed by atoms with Gasteiger partial charge in [0.05, 0.1) is 17.4 Å². The maximum Gasteiger partial charge on any atom is 0.256 e. The molecule has 1 aliphatic heterocycles. The molecule has 1 saturated carbocycles. The molecule has 1 aromatic rings. The van der Waals surface area contributed by atoms with Gasteiger partial charge in [0.2, 0.25) is 0 Å². The lowest BCUT2D eigenvalue weighted by Gasteiger charge is -2.38. The summed E-state index contributed by atoms with van der Waals surface area (Å²) in [6, 6.07) is 2.56. The molecule has 5 nitrogen and oxygen atoms in total. The van der Waals surface area contributed by atoms with Gasteiger partial charge in [-0.2, -0.15) is 0 Å². The van der Waals surface area contributed by atoms with Crippen molar-refractivity contribution in [1.29, 1.82) is 0 Å². The lowest BCUT2D eigenvalue weighted by Crippen LogP contribution is -2.51. The fourth-order valence-electron chi connectivity index (χ4n) is 3.51. The zero-order chi connectivity index (χ0) is 14.7. The molecule has 114 valence electrons. The van der Waals surface area contributed by atoms with Gasteiger partial charge >= 0.3 is 0 Å². The topological polar surface area (TPSA) is 48.5 Å². The molecule has 1 N–H and O–H groups in total. The number of anilines is 1. The average molecular weight is 288 g/mol. The number of hydrogen-bond donors (Lipinski definition) is 1. The Labute approximate surface area is 126 Å². The molecular weight excluding hydrogens is 264 g/mol. The Morgan fingerprint density at radius 2 is 1.95 bits per heavy atom. The van der Waals surface area contributed by atoms with Crippen LogP contribution >= 0.6 is 0 Å². The number of rotatable bonds is 3. The van der Waals surface area contributed by atoms with Crippen molar-refractivity contribution in [3.05, 3.63) is 24.0 Å². The minimum atomic E-state index is 0.118. The van der Waals surface area contributed by atoms with Gasteiger partial charge in [0.1, 0.15) is 0 Å². The number of carbonyl (C=O) groups excluding carboxylic acids is 1. The molecule has 5 heteroatoms. The first-order valence-corrected chi connectivity index (χ1v) is 7.94. The number of amides is 1. The highest BCUT2D eigenvalue weighted by atomic mass is 16.2. The maximum absolute atomic E-state index is 12.6. The van der Waals surface area contributed by atoms with Crippen LogP contribution in [0.3, 0.4) is 0 Å². The van der Waals surface area contributed by atoms with E-state index in [1.165, 1.54) is 25.7 Å². The van der Waals surface area contributed by atoms with Crippen LogP contribution in [0.2, 0.25) is 0 Å². The summed E-state index contributed by atoms with van der Waals surface area (Å²) >= 11 is 0. The molecule has 2 fully saturated rings. The second-order valence-electron chi connectivity index (χ2n) is 5.94. The third-order valence-corrected chi connectivity index (χ3v) is 4.76. The fraction of sp³-hybridized carbons (Fsp3) is 0.625. The van der Waals surface area contributed by atoms with E-state index in [9.17, 15) is 4.79 Å². The third kappa shape index (κ3) is 3.02. The van der Waals surface area contributed by atoms with E-state index in [1.54, 1.807) is 18.5 Å². The van der Waals surface area contributed by atoms with E-state index < -0.39 is 0 Å². The monoisotopic (exact) mass is 288 g/mol. The highest BCUT2D eigenvalue weighted by Crippen LogP contribution is 2.25. The van der Waals surface area contributed by atoms with Crippen molar-refractivity contribution >= 4 is 11.6 Å². The molecule has 1 saturated heterocycles. The van der Waals surface area contributed by atoms with E-state index in [2.05, 4.69) is 15.2 Å². The Kier molecular flexibility index (Phi) is 4.39. The fourth-order valence-corrected chi connectivity index (χ4v) is 3.51. The summed E-state index contributed by atoms with van der Waals surface area (Å²) < 4.78 is 0. The lowest BCUT2D eigenvalue weighted by molar-refractivity contribution is 0.0574. The average Bonchev–Trinajstić information content (AvgIpc) is 3.09. The number of nitrogens with one attached hydrogen (secondary N) is 1. The van der Waals surface area contributed by atoms with Gasteiger partial charge in [-0.1, -0.05) is 12.8 Å². The van der Waals surface area contributed by atoms with E-state index in [1.807, 2.05) is 11.9 Å². The Balaban J connectivity index is 1.62. The highest BCUT2D eigenvalue weighted by Gasteiger charge is 2.28. The molecule has 0 aromatic carbocycles. The first kappa shape index (κ1) is 14.3. The van der Waals surface area contributed by atoms with Crippen molar-refractivity contribution in [3.63, 3.8) is 0 Å². The summed E-state index contributed by atoms with van der Waals surface area (Å²) in [5.74, 6) is 0.118. The quantitative estimate of drug-likeness (QED) is 0.922. The number of piperazine rings is 1. The standard InChI is InChI=1S/C16H24N4O/c1-17-15-12-18-7-6-14(15)16(21)20-10-8-19(9-11-20)13-4-2-3-5-13/h6-7,12-13,17H,2-5,8-11H2,1H3. The van der Waals surface area contributed by atoms with Crippen LogP contribution in [-0.2, 0) is 0 Å². The largest absolute Gasteiger partial charge is 0.386 e. The molecule has 3 rings (SSSR count). The van der Waals surface area contributed by atoms with E-state index in [-0.39, 0.29) is 5.91 Å². The van der Waals surface area contributed by atoms with E-state index in [4.69, 9.17) is 0 Å². The van der Waals surface area contributed by atoms with E-state index in [0.717, 1.165) is 43.5 Å². The van der Waals surface area contributed by atoms with E-state index >= 15 is 0 Å². The number of hydrogen-bond acceptors (Lipinski definition) is 4. The van der Waals surface area contributed by atoms with Gasteiger partial charge in [-0.05, 0) is 18.9 Å². The van der Waals surface area contributed by atoms with Crippen LogP contribution in [0, 0.1) is 0 Å². The smallest absolute Gasteiger partial charge is 0.256 e. The molecule has 1 aromatic heterocycles. The maximum atomic E-state index is 12.6. The van der Waals surface area contributed by atoms with Crippen molar-refractivity contribution in [2.45, 2.75) is 31.7 Å². The third-order valence-electron chi connectivity index (χ3n) is 4.76. The predicted molar refractivity (Wildman–Crippen MR) is 83.5 cm³/mol. The van der Waals surface area contributed by atoms with Crippen molar-refractivity contribution in [1.82, 2.24) is 14.8 Å². The SMILES string of the molecule is CNc1cnccc1C(=O)N1CCN(C2CCCC2)CC1. The summed E-state index contributed by atoms with van der Waals surface area (Å²) in [5.41, 5.74) is 1.53. The van der Waals surface area contributed by atoms with E-state index in [0.29, 0.717) is 0 Å². The molecule has 1 aliphatic carbocycles. The molecule has 0 radical (unpaired) electrons. The predicted octanol–water partition coefficient (Wildman–Crippen LogP) is 1.82. The molecule has 0 bridgehead atoms. The molecule has 1 amide bonds. The minimum Gasteiger partial charge on any atom is -0.386 e. The van der Waals surface area contributed by atoms with Gasteiger partial charge in [0.15, 0.2) is 0 Å². The highest BCUT2D eigenvalue weighted by molar-refractivity contribution is 5.99. The van der Waals surface area contributed by atoms with Gasteiger partial charge < -0.3 is 10.2 Å². The van der Waals surface area contributed by atoms with Gasteiger partial charge in [-0.25, -0.2) is 0 Å². The zero-order valence-corrected chi connectivity index (χ0v) is 12.7. The summed E-state index contributed by atoms with van der Waals surface area (Å²) in [6.07, 6.45) is 8.80. The molecule has 0 unspecified atom stereocenters. The van der Waals surface area contributed by atoms with Crippen LogP contribution < -0.4 is 5.32 Å². The number of nitrogens with zero attached hydrogens (tertiary/aromatic N) is 3. The summed E-state index contributed by atoms with van der Waals surface area (Å²) in [4.78, 5) is 21.3. The molecular formula is C16H24N4O. The van der Waals surface area contributed by atoms with Gasteiger partial charge in [-0.3, -0.25) is 14.7 Å². The van der Waals surface area contributed by atoms with Crippen LogP contribution in [-0.4, -0.2) is 60.0 Å². The number of carbonyl (C=O) groups is 1. The minimum absolute atomic E-state index is 0.118. The normalized spacial score (nSPS) is 20.7. The molecule has 0 spiro atoms. The Morgan fingerprint density at radius 1 is 1.24 bits per heavy atom. The second-order valence-corrected chi connectivity index (χ2v) is 5.94. The molecule has 0 atom stereocenters. The van der Waals surface area contributed by atoms with Gasteiger partial charge in [-0.15, -0.1) is 0 Å². The van der Waals surface area contributed by atoms with Crippen LogP contribution in [0.4, 0.5) is 5.69 Å². The lowest BCUT2D eigenvalue weighted by atomic mass is 10.1. The zero-order valence-electron chi connectivity index (χ0n) is 12.7. The van der Waals surface area contributed by atoms with Crippen molar-refractivity contribution in [3.8, 4) is 0 Å². The molecule has 21 heavy (non-hydrogen) atoms. The van der Waals surface area contributed by atoms with Crippen molar-refractivity contribution < 1.29 is 4.79 Å². The summed E-state index contributed by atoms with van der Waals surface area (Å²) in [6.45, 7) is 3.69. The Bertz CT molecular complexity index is 491. The molecule has 2 aliphatic rings. The van der Waals surface area contributed by atoms with Crippen LogP contribution in [0.5, 0.6) is 0 Å².